The molecule has 1 aromatic heterocycles. The Labute approximate surface area is 140 Å². The number of methoxy groups -OCH3 is 1. The van der Waals surface area contributed by atoms with Gasteiger partial charge in [0.15, 0.2) is 0 Å². The van der Waals surface area contributed by atoms with Gasteiger partial charge in [0.25, 0.3) is 0 Å². The highest BCUT2D eigenvalue weighted by Crippen LogP contribution is 2.32. The molecule has 4 N–H and O–H groups in total. The lowest BCUT2D eigenvalue weighted by molar-refractivity contribution is 0.124. The second-order valence-electron chi connectivity index (χ2n) is 6.16. The number of H-pyrrole nitrogens is 1. The number of aromatic nitrogens is 2. The van der Waals surface area contributed by atoms with Gasteiger partial charge in [0, 0.05) is 24.7 Å². The number of amides is 1. The van der Waals surface area contributed by atoms with Crippen molar-refractivity contribution >= 4 is 11.9 Å². The van der Waals surface area contributed by atoms with Crippen molar-refractivity contribution in [2.45, 2.75) is 19.3 Å². The SMILES string of the molecule is COc1cc(CC2CCN(C(=O)O)CC2)ccc1-c1cc(N)n[nH]1. The van der Waals surface area contributed by atoms with E-state index in [0.717, 1.165) is 36.3 Å². The van der Waals surface area contributed by atoms with Gasteiger partial charge in [0.2, 0.25) is 0 Å². The zero-order chi connectivity index (χ0) is 17.1. The number of ether oxygens (including phenoxy) is 1. The lowest BCUT2D eigenvalue weighted by Crippen LogP contribution is -2.37. The summed E-state index contributed by atoms with van der Waals surface area (Å²) >= 11 is 0. The molecule has 0 radical (unpaired) electrons. The number of carboxylic acid groups (broad SMARTS) is 1. The Morgan fingerprint density at radius 2 is 2.17 bits per heavy atom. The summed E-state index contributed by atoms with van der Waals surface area (Å²) in [7, 11) is 1.65. The van der Waals surface area contributed by atoms with Gasteiger partial charge in [-0.3, -0.25) is 5.10 Å². The zero-order valence-electron chi connectivity index (χ0n) is 13.7. The number of rotatable bonds is 4. The Morgan fingerprint density at radius 3 is 2.75 bits per heavy atom. The molecular weight excluding hydrogens is 308 g/mol. The fourth-order valence-corrected chi connectivity index (χ4v) is 3.22. The summed E-state index contributed by atoms with van der Waals surface area (Å²) in [6.45, 7) is 1.23. The number of nitrogens with one attached hydrogen (secondary N) is 1. The fraction of sp³-hybridized carbons (Fsp3) is 0.412. The highest BCUT2D eigenvalue weighted by Gasteiger charge is 2.22. The minimum atomic E-state index is -0.821. The number of benzene rings is 1. The molecule has 0 unspecified atom stereocenters. The van der Waals surface area contributed by atoms with Gasteiger partial charge in [-0.05, 0) is 42.9 Å². The molecule has 2 aromatic rings. The van der Waals surface area contributed by atoms with Gasteiger partial charge in [0.05, 0.1) is 12.8 Å². The Morgan fingerprint density at radius 1 is 1.42 bits per heavy atom. The van der Waals surface area contributed by atoms with Crippen LogP contribution in [0.2, 0.25) is 0 Å². The molecule has 1 aliphatic heterocycles. The molecule has 3 rings (SSSR count). The molecule has 24 heavy (non-hydrogen) atoms. The monoisotopic (exact) mass is 330 g/mol. The van der Waals surface area contributed by atoms with Crippen LogP contribution in [0.4, 0.5) is 10.6 Å². The van der Waals surface area contributed by atoms with E-state index in [9.17, 15) is 4.79 Å². The van der Waals surface area contributed by atoms with E-state index in [2.05, 4.69) is 16.3 Å². The van der Waals surface area contributed by atoms with E-state index in [0.29, 0.717) is 24.8 Å². The predicted octanol–water partition coefficient (Wildman–Crippen LogP) is 2.60. The van der Waals surface area contributed by atoms with Crippen molar-refractivity contribution in [2.24, 2.45) is 5.92 Å². The number of likely N-dealkylation sites (tertiary alicyclic amines) is 1. The highest BCUT2D eigenvalue weighted by atomic mass is 16.5. The van der Waals surface area contributed by atoms with Crippen LogP contribution >= 0.6 is 0 Å². The molecule has 0 saturated carbocycles. The Bertz CT molecular complexity index is 720. The van der Waals surface area contributed by atoms with Crippen LogP contribution in [0.3, 0.4) is 0 Å². The van der Waals surface area contributed by atoms with Crippen LogP contribution in [0.1, 0.15) is 18.4 Å². The molecule has 1 aliphatic rings. The van der Waals surface area contributed by atoms with Crippen LogP contribution in [-0.4, -0.2) is 46.5 Å². The summed E-state index contributed by atoms with van der Waals surface area (Å²) in [6.07, 6.45) is 1.90. The van der Waals surface area contributed by atoms with E-state index in [4.69, 9.17) is 15.6 Å². The normalized spacial score (nSPS) is 15.5. The van der Waals surface area contributed by atoms with E-state index in [1.165, 1.54) is 10.5 Å². The third-order valence-corrected chi connectivity index (χ3v) is 4.56. The van der Waals surface area contributed by atoms with Crippen LogP contribution in [-0.2, 0) is 6.42 Å². The molecule has 128 valence electrons. The minimum Gasteiger partial charge on any atom is -0.496 e. The lowest BCUT2D eigenvalue weighted by Gasteiger charge is -2.30. The molecule has 7 nitrogen and oxygen atoms in total. The maximum absolute atomic E-state index is 11.0. The number of carbonyl (C=O) groups is 1. The molecule has 0 atom stereocenters. The van der Waals surface area contributed by atoms with E-state index in [1.54, 1.807) is 13.2 Å². The number of nitrogens with zero attached hydrogens (tertiary/aromatic N) is 2. The standard InChI is InChI=1S/C17H22N4O3/c1-24-15-9-12(2-3-13(15)14-10-16(18)20-19-14)8-11-4-6-21(7-5-11)17(22)23/h2-3,9-11H,4-8H2,1H3,(H,22,23)(H3,18,19,20). The van der Waals surface area contributed by atoms with Crippen molar-refractivity contribution in [3.63, 3.8) is 0 Å². The van der Waals surface area contributed by atoms with Crippen LogP contribution in [0.5, 0.6) is 5.75 Å². The molecular formula is C17H22N4O3. The second kappa shape index (κ2) is 6.82. The van der Waals surface area contributed by atoms with Gasteiger partial charge in [-0.15, -0.1) is 0 Å². The first kappa shape index (κ1) is 16.2. The van der Waals surface area contributed by atoms with E-state index in [-0.39, 0.29) is 0 Å². The van der Waals surface area contributed by atoms with Gasteiger partial charge >= 0.3 is 6.09 Å². The summed E-state index contributed by atoms with van der Waals surface area (Å²) in [4.78, 5) is 12.5. The molecule has 7 heteroatoms. The predicted molar refractivity (Wildman–Crippen MR) is 91.0 cm³/mol. The van der Waals surface area contributed by atoms with Gasteiger partial charge in [-0.1, -0.05) is 6.07 Å². The van der Waals surface area contributed by atoms with Crippen molar-refractivity contribution in [2.75, 3.05) is 25.9 Å². The van der Waals surface area contributed by atoms with Crippen LogP contribution < -0.4 is 10.5 Å². The molecule has 1 saturated heterocycles. The third kappa shape index (κ3) is 3.45. The zero-order valence-corrected chi connectivity index (χ0v) is 13.7. The fourth-order valence-electron chi connectivity index (χ4n) is 3.22. The first-order valence-corrected chi connectivity index (χ1v) is 8.03. The smallest absolute Gasteiger partial charge is 0.407 e. The van der Waals surface area contributed by atoms with E-state index >= 15 is 0 Å². The average Bonchev–Trinajstić information content (AvgIpc) is 3.01. The Kier molecular flexibility index (Phi) is 4.59. The van der Waals surface area contributed by atoms with Gasteiger partial charge in [-0.25, -0.2) is 4.79 Å². The van der Waals surface area contributed by atoms with E-state index in [1.807, 2.05) is 12.1 Å². The average molecular weight is 330 g/mol. The van der Waals surface area contributed by atoms with Gasteiger partial charge < -0.3 is 20.5 Å². The largest absolute Gasteiger partial charge is 0.496 e. The number of hydrogen-bond acceptors (Lipinski definition) is 4. The topological polar surface area (TPSA) is 104 Å². The summed E-state index contributed by atoms with van der Waals surface area (Å²) in [5.41, 5.74) is 8.60. The maximum Gasteiger partial charge on any atom is 0.407 e. The van der Waals surface area contributed by atoms with Crippen molar-refractivity contribution in [3.05, 3.63) is 29.8 Å². The minimum absolute atomic E-state index is 0.446. The molecule has 0 bridgehead atoms. The van der Waals surface area contributed by atoms with Crippen LogP contribution in [0.15, 0.2) is 24.3 Å². The van der Waals surface area contributed by atoms with Crippen LogP contribution in [0.25, 0.3) is 11.3 Å². The quantitative estimate of drug-likeness (QED) is 0.799. The number of aromatic amines is 1. The first-order valence-electron chi connectivity index (χ1n) is 8.03. The number of nitrogens with two attached hydrogens (primary N) is 1. The maximum atomic E-state index is 11.0. The Balaban J connectivity index is 1.70. The molecule has 2 heterocycles. The number of piperidine rings is 1. The number of anilines is 1. The van der Waals surface area contributed by atoms with Crippen molar-refractivity contribution < 1.29 is 14.6 Å². The molecule has 1 fully saturated rings. The van der Waals surface area contributed by atoms with Crippen molar-refractivity contribution in [3.8, 4) is 17.0 Å². The summed E-state index contributed by atoms with van der Waals surface area (Å²) in [6, 6.07) is 7.90. The molecule has 0 spiro atoms. The summed E-state index contributed by atoms with van der Waals surface area (Å²) < 4.78 is 5.51. The van der Waals surface area contributed by atoms with Gasteiger partial charge in [-0.2, -0.15) is 5.10 Å². The third-order valence-electron chi connectivity index (χ3n) is 4.56. The Hall–Kier alpha value is -2.70. The summed E-state index contributed by atoms with van der Waals surface area (Å²) in [5, 5.41) is 15.9. The van der Waals surface area contributed by atoms with Crippen LogP contribution in [0, 0.1) is 5.92 Å². The highest BCUT2D eigenvalue weighted by molar-refractivity contribution is 5.69. The molecule has 1 aromatic carbocycles. The van der Waals surface area contributed by atoms with Crippen molar-refractivity contribution in [1.82, 2.24) is 15.1 Å². The van der Waals surface area contributed by atoms with E-state index < -0.39 is 6.09 Å². The molecule has 1 amide bonds. The van der Waals surface area contributed by atoms with Gasteiger partial charge in [0.1, 0.15) is 11.6 Å². The number of hydrogen-bond donors (Lipinski definition) is 3. The first-order chi connectivity index (χ1) is 11.6. The lowest BCUT2D eigenvalue weighted by atomic mass is 9.89. The molecule has 0 aliphatic carbocycles. The second-order valence-corrected chi connectivity index (χ2v) is 6.16. The number of nitrogen functional groups attached to an aromatic ring is 1. The van der Waals surface area contributed by atoms with Crippen molar-refractivity contribution in [1.29, 1.82) is 0 Å². The summed E-state index contributed by atoms with van der Waals surface area (Å²) in [5.74, 6) is 1.72.